The number of benzene rings is 1. The molecule has 2 N–H and O–H groups in total. The highest BCUT2D eigenvalue weighted by atomic mass is 32.2. The molecule has 4 rings (SSSR count). The van der Waals surface area contributed by atoms with Crippen molar-refractivity contribution in [1.82, 2.24) is 15.0 Å². The van der Waals surface area contributed by atoms with Crippen LogP contribution in [-0.2, 0) is 24.1 Å². The fourth-order valence-electron chi connectivity index (χ4n) is 4.93. The Morgan fingerprint density at radius 3 is 2.51 bits per heavy atom. The summed E-state index contributed by atoms with van der Waals surface area (Å²) >= 11 is 0. The molecule has 2 aliphatic rings. The van der Waals surface area contributed by atoms with Crippen LogP contribution in [0.3, 0.4) is 0 Å². The molecule has 1 aliphatic carbocycles. The molecule has 35 heavy (non-hydrogen) atoms. The van der Waals surface area contributed by atoms with Gasteiger partial charge in [0.05, 0.1) is 26.3 Å². The smallest absolute Gasteiger partial charge is 0.385 e. The fraction of sp³-hybridized carbons (Fsp3) is 0.522. The average Bonchev–Trinajstić information content (AvgIpc) is 3.66. The quantitative estimate of drug-likeness (QED) is 0.433. The molecule has 0 unspecified atom stereocenters. The molecule has 11 nitrogen and oxygen atoms in total. The van der Waals surface area contributed by atoms with E-state index in [-0.39, 0.29) is 11.9 Å². The molecule has 190 valence electrons. The lowest BCUT2D eigenvalue weighted by atomic mass is 9.81. The van der Waals surface area contributed by atoms with Crippen LogP contribution in [0.5, 0.6) is 11.5 Å². The van der Waals surface area contributed by atoms with Crippen molar-refractivity contribution < 1.29 is 31.7 Å². The third kappa shape index (κ3) is 5.59. The summed E-state index contributed by atoms with van der Waals surface area (Å²) < 4.78 is 39.4. The van der Waals surface area contributed by atoms with Crippen LogP contribution in [0, 0.1) is 11.3 Å². The van der Waals surface area contributed by atoms with Gasteiger partial charge in [0.15, 0.2) is 11.5 Å². The Bertz CT molecular complexity index is 1190. The van der Waals surface area contributed by atoms with Crippen molar-refractivity contribution in [1.29, 1.82) is 0 Å². The monoisotopic (exact) mass is 506 g/mol. The van der Waals surface area contributed by atoms with Gasteiger partial charge in [-0.1, -0.05) is 0 Å². The lowest BCUT2D eigenvalue weighted by Gasteiger charge is -2.38. The fourth-order valence-corrected chi connectivity index (χ4v) is 5.41. The highest BCUT2D eigenvalue weighted by Gasteiger charge is 2.49. The van der Waals surface area contributed by atoms with Gasteiger partial charge in [-0.3, -0.25) is 14.6 Å². The number of carbonyl (C=O) groups excluding carboxylic acids is 2. The topological polar surface area (TPSA) is 136 Å². The highest BCUT2D eigenvalue weighted by molar-refractivity contribution is 7.85. The number of ether oxygens (including phenoxy) is 2. The number of hydrogen-bond donors (Lipinski definition) is 2. The molecular weight excluding hydrogens is 476 g/mol. The van der Waals surface area contributed by atoms with Crippen LogP contribution >= 0.6 is 0 Å². The maximum absolute atomic E-state index is 12.1. The van der Waals surface area contributed by atoms with Gasteiger partial charge < -0.3 is 23.9 Å². The van der Waals surface area contributed by atoms with Gasteiger partial charge in [-0.25, -0.2) is 0 Å². The van der Waals surface area contributed by atoms with E-state index >= 15 is 0 Å². The zero-order chi connectivity index (χ0) is 25.1. The number of amides is 1. The Balaban J connectivity index is 1.35. The summed E-state index contributed by atoms with van der Waals surface area (Å²) in [5.41, 5.74) is 2.01. The summed E-state index contributed by atoms with van der Waals surface area (Å²) in [5, 5.41) is 3.84. The summed E-state index contributed by atoms with van der Waals surface area (Å²) in [6, 6.07) is 5.88. The predicted molar refractivity (Wildman–Crippen MR) is 129 cm³/mol. The summed E-state index contributed by atoms with van der Waals surface area (Å²) in [6.45, 7) is 1.59. The van der Waals surface area contributed by atoms with Crippen LogP contribution in [0.1, 0.15) is 25.7 Å². The van der Waals surface area contributed by atoms with Gasteiger partial charge in [0, 0.05) is 43.0 Å². The Hall–Kier alpha value is -3.12. The molecule has 2 fully saturated rings. The van der Waals surface area contributed by atoms with Crippen molar-refractivity contribution in [3.05, 3.63) is 24.4 Å². The van der Waals surface area contributed by atoms with E-state index in [9.17, 15) is 18.0 Å². The first-order chi connectivity index (χ1) is 16.8. The molecule has 1 saturated carbocycles. The van der Waals surface area contributed by atoms with E-state index in [4.69, 9.17) is 9.47 Å². The molecule has 0 bridgehead atoms. The van der Waals surface area contributed by atoms with Gasteiger partial charge in [-0.05, 0) is 49.1 Å². The van der Waals surface area contributed by atoms with Gasteiger partial charge in [-0.15, -0.1) is 0 Å². The minimum atomic E-state index is -4.25. The minimum Gasteiger partial charge on any atom is -0.493 e. The third-order valence-electron chi connectivity index (χ3n) is 7.03. The normalized spacial score (nSPS) is 17.6. The Morgan fingerprint density at radius 1 is 1.20 bits per heavy atom. The molecule has 1 amide bonds. The summed E-state index contributed by atoms with van der Waals surface area (Å²) in [7, 11) is -1.02. The number of nitrogens with one attached hydrogen (secondary N) is 2. The second-order valence-electron chi connectivity index (χ2n) is 8.92. The molecule has 1 saturated heterocycles. The van der Waals surface area contributed by atoms with E-state index in [0.717, 1.165) is 55.4 Å². The number of anilines is 1. The Morgan fingerprint density at radius 2 is 1.89 bits per heavy atom. The molecule has 0 radical (unpaired) electrons. The van der Waals surface area contributed by atoms with E-state index < -0.39 is 22.8 Å². The number of piperidine rings is 1. The number of hydrogen-bond acceptors (Lipinski definition) is 9. The number of pyridine rings is 1. The third-order valence-corrected chi connectivity index (χ3v) is 7.86. The van der Waals surface area contributed by atoms with Gasteiger partial charge in [-0.2, -0.15) is 13.1 Å². The highest BCUT2D eigenvalue weighted by Crippen LogP contribution is 2.55. The van der Waals surface area contributed by atoms with Crippen molar-refractivity contribution >= 4 is 39.3 Å². The van der Waals surface area contributed by atoms with Crippen LogP contribution in [0.4, 0.5) is 5.69 Å². The first kappa shape index (κ1) is 25.0. The molecule has 0 atom stereocenters. The van der Waals surface area contributed by atoms with Crippen molar-refractivity contribution in [2.24, 2.45) is 11.3 Å². The van der Waals surface area contributed by atoms with Crippen LogP contribution in [0.2, 0.25) is 0 Å². The largest absolute Gasteiger partial charge is 0.493 e. The number of carbonyl (C=O) groups is 2. The van der Waals surface area contributed by atoms with Crippen LogP contribution < -0.4 is 24.4 Å². The zero-order valence-corrected chi connectivity index (χ0v) is 20.6. The second-order valence-corrected chi connectivity index (χ2v) is 10.3. The maximum atomic E-state index is 12.1. The van der Waals surface area contributed by atoms with Crippen LogP contribution in [0.15, 0.2) is 24.4 Å². The predicted octanol–water partition coefficient (Wildman–Crippen LogP) is 1.37. The first-order valence-corrected chi connectivity index (χ1v) is 12.9. The molecule has 1 aromatic heterocycles. The lowest BCUT2D eigenvalue weighted by molar-refractivity contribution is -0.122. The molecular formula is C23H30N4O7S. The summed E-state index contributed by atoms with van der Waals surface area (Å²) in [5.74, 6) is 1.32. The number of fused-ring (bicyclic) bond motifs is 1. The SMILES string of the molecule is COc1cc2nccc(N3CCC(C4(CNC(=O)CNS(=O)(=O)OC=O)CC4)CC3)c2cc1OC. The van der Waals surface area contributed by atoms with E-state index in [1.807, 2.05) is 29.1 Å². The second kappa shape index (κ2) is 10.2. The van der Waals surface area contributed by atoms with Crippen LogP contribution in [-0.4, -0.2) is 66.2 Å². The molecule has 12 heteroatoms. The van der Waals surface area contributed by atoms with Crippen LogP contribution in [0.25, 0.3) is 10.9 Å². The van der Waals surface area contributed by atoms with Gasteiger partial charge >= 0.3 is 16.8 Å². The van der Waals surface area contributed by atoms with Gasteiger partial charge in [0.2, 0.25) is 5.91 Å². The van der Waals surface area contributed by atoms with E-state index in [2.05, 4.69) is 19.4 Å². The molecule has 0 spiro atoms. The van der Waals surface area contributed by atoms with Crippen molar-refractivity contribution in [3.63, 3.8) is 0 Å². The average molecular weight is 507 g/mol. The van der Waals surface area contributed by atoms with Gasteiger partial charge in [0.25, 0.3) is 0 Å². The standard InChI is InChI=1S/C23H30N4O7S/c1-32-20-11-17-18(12-21(20)33-2)24-8-3-19(17)27-9-4-16(5-10-27)23(6-7-23)14-25-22(29)13-26-35(30,31)34-15-28/h3,8,11-12,15-16,26H,4-7,9-10,13-14H2,1-2H3,(H,25,29). The summed E-state index contributed by atoms with van der Waals surface area (Å²) in [4.78, 5) is 29.1. The minimum absolute atomic E-state index is 0.0524. The summed E-state index contributed by atoms with van der Waals surface area (Å²) in [6.07, 6.45) is 5.86. The van der Waals surface area contributed by atoms with Crippen molar-refractivity contribution in [2.45, 2.75) is 25.7 Å². The van der Waals surface area contributed by atoms with E-state index in [0.29, 0.717) is 24.0 Å². The number of nitrogens with zero attached hydrogens (tertiary/aromatic N) is 2. The maximum Gasteiger partial charge on any atom is 0.385 e. The Kier molecular flexibility index (Phi) is 7.31. The number of methoxy groups -OCH3 is 2. The van der Waals surface area contributed by atoms with Crippen molar-refractivity contribution in [2.75, 3.05) is 45.3 Å². The number of aromatic nitrogens is 1. The molecule has 1 aromatic carbocycles. The Labute approximate surface area is 204 Å². The van der Waals surface area contributed by atoms with E-state index in [1.165, 1.54) is 0 Å². The zero-order valence-electron chi connectivity index (χ0n) is 19.8. The van der Waals surface area contributed by atoms with Gasteiger partial charge in [0.1, 0.15) is 0 Å². The molecule has 2 heterocycles. The number of rotatable bonds is 11. The van der Waals surface area contributed by atoms with Crippen molar-refractivity contribution in [3.8, 4) is 11.5 Å². The molecule has 1 aliphatic heterocycles. The lowest BCUT2D eigenvalue weighted by Crippen LogP contribution is -2.43. The van der Waals surface area contributed by atoms with E-state index in [1.54, 1.807) is 14.2 Å². The molecule has 2 aromatic rings. The first-order valence-electron chi connectivity index (χ1n) is 11.4.